The second kappa shape index (κ2) is 8.15. The maximum atomic E-state index is 11.2. The molecule has 1 N–H and O–H groups in total. The van der Waals surface area contributed by atoms with E-state index in [4.69, 9.17) is 11.6 Å². The molecule has 1 rings (SSSR count). The number of halogens is 1. The van der Waals surface area contributed by atoms with Gasteiger partial charge in [-0.3, -0.25) is 4.79 Å². The Hall–Kier alpha value is -1.02. The number of carbonyl (C=O) groups excluding carboxylic acids is 1. The third kappa shape index (κ3) is 5.09. The average Bonchev–Trinajstić information content (AvgIpc) is 2.39. The van der Waals surface area contributed by atoms with Crippen LogP contribution in [0.3, 0.4) is 0 Å². The minimum absolute atomic E-state index is 0.0289. The molecule has 0 aromatic heterocycles. The molecule has 0 aliphatic heterocycles. The van der Waals surface area contributed by atoms with Gasteiger partial charge < -0.3 is 5.32 Å². The van der Waals surface area contributed by atoms with Gasteiger partial charge in [-0.15, -0.1) is 11.6 Å². The number of amides is 1. The molecule has 100 valence electrons. The molecule has 1 amide bonds. The number of benzene rings is 1. The van der Waals surface area contributed by atoms with Crippen molar-refractivity contribution in [3.05, 3.63) is 35.4 Å². The summed E-state index contributed by atoms with van der Waals surface area (Å²) in [5.41, 5.74) is 2.64. The van der Waals surface area contributed by atoms with Crippen LogP contribution in [0.15, 0.2) is 24.3 Å². The van der Waals surface area contributed by atoms with Crippen molar-refractivity contribution in [2.75, 3.05) is 12.4 Å². The van der Waals surface area contributed by atoms with Gasteiger partial charge in [-0.2, -0.15) is 0 Å². The maximum Gasteiger partial charge on any atom is 0.221 e. The van der Waals surface area contributed by atoms with Crippen molar-refractivity contribution >= 4 is 17.5 Å². The number of hydrogen-bond acceptors (Lipinski definition) is 1. The molecule has 1 unspecified atom stereocenters. The van der Waals surface area contributed by atoms with Crippen LogP contribution in [0.4, 0.5) is 0 Å². The van der Waals surface area contributed by atoms with Crippen LogP contribution in [0.2, 0.25) is 0 Å². The molecule has 1 aromatic rings. The number of rotatable bonds is 7. The largest absolute Gasteiger partial charge is 0.356 e. The van der Waals surface area contributed by atoms with Crippen molar-refractivity contribution in [1.82, 2.24) is 5.32 Å². The number of nitrogens with one attached hydrogen (secondary N) is 1. The first-order chi connectivity index (χ1) is 8.67. The van der Waals surface area contributed by atoms with E-state index >= 15 is 0 Å². The lowest BCUT2D eigenvalue weighted by Crippen LogP contribution is -2.25. The highest BCUT2D eigenvalue weighted by atomic mass is 35.5. The summed E-state index contributed by atoms with van der Waals surface area (Å²) in [6, 6.07) is 8.67. The van der Waals surface area contributed by atoms with E-state index in [0.29, 0.717) is 24.8 Å². The van der Waals surface area contributed by atoms with Gasteiger partial charge in [0.1, 0.15) is 0 Å². The van der Waals surface area contributed by atoms with Crippen LogP contribution in [0.5, 0.6) is 0 Å². The Kier molecular flexibility index (Phi) is 6.81. The maximum absolute atomic E-state index is 11.2. The highest BCUT2D eigenvalue weighted by Gasteiger charge is 2.03. The van der Waals surface area contributed by atoms with Gasteiger partial charge in [0.15, 0.2) is 0 Å². The molecule has 1 aromatic carbocycles. The van der Waals surface area contributed by atoms with Crippen molar-refractivity contribution in [3.63, 3.8) is 0 Å². The normalized spacial score (nSPS) is 12.2. The lowest BCUT2D eigenvalue weighted by atomic mass is 9.97. The smallest absolute Gasteiger partial charge is 0.221 e. The van der Waals surface area contributed by atoms with Crippen molar-refractivity contribution < 1.29 is 4.79 Å². The fourth-order valence-electron chi connectivity index (χ4n) is 1.77. The van der Waals surface area contributed by atoms with E-state index in [0.717, 1.165) is 12.8 Å². The van der Waals surface area contributed by atoms with Gasteiger partial charge in [-0.25, -0.2) is 0 Å². The molecule has 0 radical (unpaired) electrons. The van der Waals surface area contributed by atoms with Crippen molar-refractivity contribution in [2.24, 2.45) is 0 Å². The van der Waals surface area contributed by atoms with Gasteiger partial charge in [-0.1, -0.05) is 38.1 Å². The molecule has 0 aliphatic rings. The van der Waals surface area contributed by atoms with Gasteiger partial charge in [0.2, 0.25) is 5.91 Å². The predicted molar refractivity (Wildman–Crippen MR) is 77.2 cm³/mol. The molecule has 0 heterocycles. The summed E-state index contributed by atoms with van der Waals surface area (Å²) >= 11 is 5.49. The standard InChI is InChI=1S/C15H22ClNO/c1-3-12(2)14-6-4-13(5-7-14)9-11-17-15(18)8-10-16/h4-7,12H,3,8-11H2,1-2H3,(H,17,18). The lowest BCUT2D eigenvalue weighted by molar-refractivity contribution is -0.120. The molecule has 2 nitrogen and oxygen atoms in total. The fourth-order valence-corrected chi connectivity index (χ4v) is 1.94. The van der Waals surface area contributed by atoms with Crippen LogP contribution in [0, 0.1) is 0 Å². The molecule has 0 aliphatic carbocycles. The first-order valence-electron chi connectivity index (χ1n) is 6.58. The molecular formula is C15H22ClNO. The minimum atomic E-state index is 0.0289. The third-order valence-corrected chi connectivity index (χ3v) is 3.41. The monoisotopic (exact) mass is 267 g/mol. The van der Waals surface area contributed by atoms with E-state index in [1.165, 1.54) is 11.1 Å². The minimum Gasteiger partial charge on any atom is -0.356 e. The van der Waals surface area contributed by atoms with E-state index in [1.807, 2.05) is 0 Å². The molecule has 3 heteroatoms. The fraction of sp³-hybridized carbons (Fsp3) is 0.533. The summed E-state index contributed by atoms with van der Waals surface area (Å²) < 4.78 is 0. The van der Waals surface area contributed by atoms with Crippen LogP contribution in [-0.4, -0.2) is 18.3 Å². The van der Waals surface area contributed by atoms with Crippen molar-refractivity contribution in [2.45, 2.75) is 39.0 Å². The molecule has 18 heavy (non-hydrogen) atoms. The Labute approximate surface area is 115 Å². The number of carbonyl (C=O) groups is 1. The van der Waals surface area contributed by atoms with Gasteiger partial charge >= 0.3 is 0 Å². The van der Waals surface area contributed by atoms with Gasteiger partial charge in [0.05, 0.1) is 0 Å². The van der Waals surface area contributed by atoms with Crippen molar-refractivity contribution in [3.8, 4) is 0 Å². The summed E-state index contributed by atoms with van der Waals surface area (Å²) in [7, 11) is 0. The summed E-state index contributed by atoms with van der Waals surface area (Å²) in [5.74, 6) is 1.03. The zero-order valence-electron chi connectivity index (χ0n) is 11.2. The van der Waals surface area contributed by atoms with Crippen LogP contribution in [-0.2, 0) is 11.2 Å². The second-order valence-electron chi connectivity index (χ2n) is 4.59. The molecule has 0 spiro atoms. The van der Waals surface area contributed by atoms with Crippen LogP contribution < -0.4 is 5.32 Å². The predicted octanol–water partition coefficient (Wildman–Crippen LogP) is 3.49. The SMILES string of the molecule is CCC(C)c1ccc(CCNC(=O)CCCl)cc1. The summed E-state index contributed by atoms with van der Waals surface area (Å²) in [6.07, 6.45) is 2.43. The first-order valence-corrected chi connectivity index (χ1v) is 7.12. The van der Waals surface area contributed by atoms with Gasteiger partial charge in [0, 0.05) is 18.8 Å². The van der Waals surface area contributed by atoms with Crippen LogP contribution >= 0.6 is 11.6 Å². The number of hydrogen-bond donors (Lipinski definition) is 1. The Bertz CT molecular complexity index is 361. The van der Waals surface area contributed by atoms with Crippen LogP contribution in [0.25, 0.3) is 0 Å². The first kappa shape index (κ1) is 15.0. The van der Waals surface area contributed by atoms with Crippen molar-refractivity contribution in [1.29, 1.82) is 0 Å². The second-order valence-corrected chi connectivity index (χ2v) is 4.97. The van der Waals surface area contributed by atoms with Gasteiger partial charge in [0.25, 0.3) is 0 Å². The van der Waals surface area contributed by atoms with E-state index in [9.17, 15) is 4.79 Å². The summed E-state index contributed by atoms with van der Waals surface area (Å²) in [4.78, 5) is 11.2. The molecule has 1 atom stereocenters. The Morgan fingerprint density at radius 1 is 1.33 bits per heavy atom. The summed E-state index contributed by atoms with van der Waals surface area (Å²) in [6.45, 7) is 5.12. The molecular weight excluding hydrogens is 246 g/mol. The Morgan fingerprint density at radius 2 is 2.00 bits per heavy atom. The molecule has 0 bridgehead atoms. The molecule has 0 fully saturated rings. The van der Waals surface area contributed by atoms with Crippen LogP contribution in [0.1, 0.15) is 43.7 Å². The highest BCUT2D eigenvalue weighted by Crippen LogP contribution is 2.18. The zero-order chi connectivity index (χ0) is 13.4. The lowest BCUT2D eigenvalue weighted by Gasteiger charge is -2.10. The topological polar surface area (TPSA) is 29.1 Å². The molecule has 0 saturated carbocycles. The Morgan fingerprint density at radius 3 is 2.56 bits per heavy atom. The zero-order valence-corrected chi connectivity index (χ0v) is 12.0. The molecule has 0 saturated heterocycles. The van der Waals surface area contributed by atoms with E-state index in [-0.39, 0.29) is 5.91 Å². The highest BCUT2D eigenvalue weighted by molar-refractivity contribution is 6.18. The quantitative estimate of drug-likeness (QED) is 0.753. The van der Waals surface area contributed by atoms with Gasteiger partial charge in [-0.05, 0) is 29.9 Å². The van der Waals surface area contributed by atoms with E-state index < -0.39 is 0 Å². The van der Waals surface area contributed by atoms with E-state index in [1.54, 1.807) is 0 Å². The third-order valence-electron chi connectivity index (χ3n) is 3.22. The number of alkyl halides is 1. The Balaban J connectivity index is 2.37. The summed E-state index contributed by atoms with van der Waals surface area (Å²) in [5, 5.41) is 2.86. The van der Waals surface area contributed by atoms with E-state index in [2.05, 4.69) is 43.4 Å². The average molecular weight is 268 g/mol.